The van der Waals surface area contributed by atoms with E-state index in [1.54, 1.807) is 24.3 Å². The van der Waals surface area contributed by atoms with E-state index < -0.39 is 34.3 Å². The zero-order valence-electron chi connectivity index (χ0n) is 25.9. The molecule has 0 aliphatic heterocycles. The predicted octanol–water partition coefficient (Wildman–Crippen LogP) is 6.10. The molecule has 1 atom stereocenters. The molecule has 11 heteroatoms. The normalized spacial score (nSPS) is 12.0. The average molecular weight is 666 g/mol. The van der Waals surface area contributed by atoms with Gasteiger partial charge in [-0.1, -0.05) is 74.0 Å². The zero-order valence-corrected chi connectivity index (χ0v) is 27.5. The van der Waals surface area contributed by atoms with Crippen molar-refractivity contribution in [3.8, 4) is 5.75 Å². The van der Waals surface area contributed by atoms with E-state index in [1.807, 2.05) is 44.2 Å². The van der Waals surface area contributed by atoms with Gasteiger partial charge in [0.2, 0.25) is 11.8 Å². The number of hydrogen-bond donors (Lipinski definition) is 1. The maximum atomic E-state index is 14.5. The van der Waals surface area contributed by atoms with Gasteiger partial charge in [-0.3, -0.25) is 13.9 Å². The molecule has 0 aliphatic carbocycles. The molecule has 0 aliphatic rings. The topological polar surface area (TPSA) is 96.0 Å². The van der Waals surface area contributed by atoms with Crippen LogP contribution in [0.25, 0.3) is 0 Å². The van der Waals surface area contributed by atoms with Crippen LogP contribution in [-0.2, 0) is 32.6 Å². The van der Waals surface area contributed by atoms with E-state index in [2.05, 4.69) is 5.32 Å². The standard InChI is InChI=1S/C35H37ClFN3O5S/c1-25(2)22-38-35(42)33(21-26-9-5-4-6-10-26)39(23-27-11-7-8-12-32(27)36)34(41)24-40(29-15-13-28(37)14-16-29)46(43,44)31-19-17-30(45-3)18-20-31/h4-20,25,33H,21-24H2,1-3H3,(H,38,42)/t33-/m1/s1. The summed E-state index contributed by atoms with van der Waals surface area (Å²) < 4.78 is 48.2. The van der Waals surface area contributed by atoms with Crippen molar-refractivity contribution in [2.75, 3.05) is 24.5 Å². The summed E-state index contributed by atoms with van der Waals surface area (Å²) >= 11 is 6.52. The first kappa shape index (κ1) is 34.5. The van der Waals surface area contributed by atoms with E-state index in [9.17, 15) is 22.4 Å². The van der Waals surface area contributed by atoms with E-state index in [4.69, 9.17) is 16.3 Å². The molecule has 4 aromatic rings. The zero-order chi connectivity index (χ0) is 33.3. The van der Waals surface area contributed by atoms with Crippen molar-refractivity contribution >= 4 is 39.1 Å². The number of methoxy groups -OCH3 is 1. The van der Waals surface area contributed by atoms with Gasteiger partial charge >= 0.3 is 0 Å². The summed E-state index contributed by atoms with van der Waals surface area (Å²) in [5, 5.41) is 3.34. The maximum absolute atomic E-state index is 14.5. The SMILES string of the molecule is COc1ccc(S(=O)(=O)N(CC(=O)N(Cc2ccccc2Cl)[C@H](Cc2ccccc2)C(=O)NCC(C)C)c2ccc(F)cc2)cc1. The Balaban J connectivity index is 1.80. The van der Waals surface area contributed by atoms with Gasteiger partial charge in [0.25, 0.3) is 10.0 Å². The number of carbonyl (C=O) groups is 2. The van der Waals surface area contributed by atoms with Crippen LogP contribution in [0.1, 0.15) is 25.0 Å². The minimum absolute atomic E-state index is 0.0645. The van der Waals surface area contributed by atoms with E-state index in [0.717, 1.165) is 22.0 Å². The third kappa shape index (κ3) is 8.86. The second-order valence-corrected chi connectivity index (χ2v) is 13.4. The van der Waals surface area contributed by atoms with Crippen molar-refractivity contribution in [2.24, 2.45) is 5.92 Å². The number of nitrogens with zero attached hydrogens (tertiary/aromatic N) is 2. The van der Waals surface area contributed by atoms with Crippen molar-refractivity contribution in [3.05, 3.63) is 125 Å². The molecule has 0 spiro atoms. The molecule has 4 aromatic carbocycles. The highest BCUT2D eigenvalue weighted by atomic mass is 35.5. The van der Waals surface area contributed by atoms with Crippen LogP contribution >= 0.6 is 11.6 Å². The Morgan fingerprint density at radius 3 is 2.13 bits per heavy atom. The van der Waals surface area contributed by atoms with Gasteiger partial charge in [-0.15, -0.1) is 0 Å². The number of benzene rings is 4. The Kier molecular flexibility index (Phi) is 11.8. The summed E-state index contributed by atoms with van der Waals surface area (Å²) in [5.41, 5.74) is 1.47. The van der Waals surface area contributed by atoms with Crippen LogP contribution in [-0.4, -0.2) is 51.4 Å². The summed E-state index contributed by atoms with van der Waals surface area (Å²) in [7, 11) is -2.88. The highest BCUT2D eigenvalue weighted by Crippen LogP contribution is 2.27. The number of nitrogens with one attached hydrogen (secondary N) is 1. The number of ether oxygens (including phenoxy) is 1. The van der Waals surface area contributed by atoms with Gasteiger partial charge in [-0.25, -0.2) is 12.8 Å². The molecule has 8 nitrogen and oxygen atoms in total. The second-order valence-electron chi connectivity index (χ2n) is 11.1. The minimum Gasteiger partial charge on any atom is -0.497 e. The smallest absolute Gasteiger partial charge is 0.264 e. The third-order valence-electron chi connectivity index (χ3n) is 7.30. The fraction of sp³-hybridized carbons (Fsp3) is 0.257. The minimum atomic E-state index is -4.35. The third-order valence-corrected chi connectivity index (χ3v) is 9.45. The first-order valence-electron chi connectivity index (χ1n) is 14.8. The molecule has 0 saturated heterocycles. The number of carbonyl (C=O) groups excluding carboxylic acids is 2. The monoisotopic (exact) mass is 665 g/mol. The molecule has 0 saturated carbocycles. The summed E-state index contributed by atoms with van der Waals surface area (Å²) in [6.45, 7) is 3.57. The molecule has 242 valence electrons. The fourth-order valence-electron chi connectivity index (χ4n) is 4.80. The fourth-order valence-corrected chi connectivity index (χ4v) is 6.41. The average Bonchev–Trinajstić information content (AvgIpc) is 3.05. The largest absolute Gasteiger partial charge is 0.497 e. The van der Waals surface area contributed by atoms with E-state index in [1.165, 1.54) is 48.4 Å². The molecule has 2 amide bonds. The van der Waals surface area contributed by atoms with Crippen LogP contribution < -0.4 is 14.4 Å². The lowest BCUT2D eigenvalue weighted by Crippen LogP contribution is -2.53. The van der Waals surface area contributed by atoms with Crippen LogP contribution in [0.15, 0.2) is 108 Å². The molecule has 1 N–H and O–H groups in total. The summed E-state index contributed by atoms with van der Waals surface area (Å²) in [6, 6.07) is 25.8. The quantitative estimate of drug-likeness (QED) is 0.176. The van der Waals surface area contributed by atoms with Crippen LogP contribution in [0.5, 0.6) is 5.75 Å². The summed E-state index contributed by atoms with van der Waals surface area (Å²) in [6.07, 6.45) is 0.169. The van der Waals surface area contributed by atoms with Crippen molar-refractivity contribution in [2.45, 2.75) is 37.8 Å². The first-order chi connectivity index (χ1) is 22.0. The Labute approximate surface area is 274 Å². The number of amides is 2. The van der Waals surface area contributed by atoms with Gasteiger partial charge in [-0.2, -0.15) is 0 Å². The van der Waals surface area contributed by atoms with Crippen LogP contribution in [0.2, 0.25) is 5.02 Å². The van der Waals surface area contributed by atoms with Crippen LogP contribution in [0.3, 0.4) is 0 Å². The predicted molar refractivity (Wildman–Crippen MR) is 178 cm³/mol. The van der Waals surface area contributed by atoms with Gasteiger partial charge in [0.15, 0.2) is 0 Å². The van der Waals surface area contributed by atoms with Crippen molar-refractivity contribution < 1.29 is 27.1 Å². The van der Waals surface area contributed by atoms with Crippen molar-refractivity contribution in [3.63, 3.8) is 0 Å². The van der Waals surface area contributed by atoms with Gasteiger partial charge in [0.05, 0.1) is 17.7 Å². The molecule has 0 radical (unpaired) electrons. The van der Waals surface area contributed by atoms with Crippen LogP contribution in [0, 0.1) is 11.7 Å². The highest BCUT2D eigenvalue weighted by Gasteiger charge is 2.35. The van der Waals surface area contributed by atoms with Gasteiger partial charge in [0.1, 0.15) is 24.2 Å². The molecular weight excluding hydrogens is 629 g/mol. The molecule has 0 bridgehead atoms. The molecule has 0 fully saturated rings. The van der Waals surface area contributed by atoms with E-state index in [-0.39, 0.29) is 35.4 Å². The number of anilines is 1. The number of halogens is 2. The van der Waals surface area contributed by atoms with Crippen molar-refractivity contribution in [1.82, 2.24) is 10.2 Å². The number of hydrogen-bond acceptors (Lipinski definition) is 5. The maximum Gasteiger partial charge on any atom is 0.264 e. The Morgan fingerprint density at radius 2 is 1.52 bits per heavy atom. The molecule has 0 unspecified atom stereocenters. The van der Waals surface area contributed by atoms with E-state index >= 15 is 0 Å². The van der Waals surface area contributed by atoms with Gasteiger partial charge < -0.3 is 15.0 Å². The van der Waals surface area contributed by atoms with Gasteiger partial charge in [-0.05, 0) is 71.6 Å². The molecular formula is C35H37ClFN3O5S. The molecule has 4 rings (SSSR count). The second kappa shape index (κ2) is 15.7. The molecule has 0 aromatic heterocycles. The number of rotatable bonds is 14. The first-order valence-corrected chi connectivity index (χ1v) is 16.6. The Bertz CT molecular complexity index is 1720. The Hall–Kier alpha value is -4.41. The summed E-state index contributed by atoms with van der Waals surface area (Å²) in [5.74, 6) is -1.00. The number of sulfonamides is 1. The van der Waals surface area contributed by atoms with Gasteiger partial charge in [0, 0.05) is 24.5 Å². The van der Waals surface area contributed by atoms with E-state index in [0.29, 0.717) is 22.9 Å². The lowest BCUT2D eigenvalue weighted by Gasteiger charge is -2.34. The lowest BCUT2D eigenvalue weighted by molar-refractivity contribution is -0.140. The highest BCUT2D eigenvalue weighted by molar-refractivity contribution is 7.92. The van der Waals surface area contributed by atoms with Crippen LogP contribution in [0.4, 0.5) is 10.1 Å². The lowest BCUT2D eigenvalue weighted by atomic mass is 10.0. The molecule has 0 heterocycles. The Morgan fingerprint density at radius 1 is 0.891 bits per heavy atom. The van der Waals surface area contributed by atoms with Crippen molar-refractivity contribution in [1.29, 1.82) is 0 Å². The summed E-state index contributed by atoms with van der Waals surface area (Å²) in [4.78, 5) is 29.6. The molecule has 46 heavy (non-hydrogen) atoms.